The molecule has 0 spiro atoms. The predicted octanol–water partition coefficient (Wildman–Crippen LogP) is 3.43. The zero-order valence-corrected chi connectivity index (χ0v) is 10.5. The lowest BCUT2D eigenvalue weighted by Gasteiger charge is -2.16. The monoisotopic (exact) mass is 237 g/mol. The maximum absolute atomic E-state index is 9.13. The number of aromatic nitrogens is 1. The highest BCUT2D eigenvalue weighted by atomic mass is 14.9. The van der Waals surface area contributed by atoms with Gasteiger partial charge < -0.3 is 5.32 Å². The van der Waals surface area contributed by atoms with Crippen LogP contribution in [-0.4, -0.2) is 4.98 Å². The van der Waals surface area contributed by atoms with Gasteiger partial charge in [0.1, 0.15) is 6.07 Å². The van der Waals surface area contributed by atoms with E-state index in [9.17, 15) is 0 Å². The van der Waals surface area contributed by atoms with Gasteiger partial charge in [-0.25, -0.2) is 0 Å². The molecule has 0 aliphatic carbocycles. The molecule has 0 aliphatic rings. The molecule has 18 heavy (non-hydrogen) atoms. The van der Waals surface area contributed by atoms with E-state index in [4.69, 9.17) is 5.26 Å². The molecule has 1 heterocycles. The first kappa shape index (κ1) is 12.1. The van der Waals surface area contributed by atoms with Gasteiger partial charge in [-0.2, -0.15) is 5.26 Å². The summed E-state index contributed by atoms with van der Waals surface area (Å²) in [5.41, 5.74) is 3.78. The van der Waals surface area contributed by atoms with Crippen molar-refractivity contribution in [3.05, 3.63) is 59.4 Å². The normalized spacial score (nSPS) is 11.6. The quantitative estimate of drug-likeness (QED) is 0.889. The number of pyridine rings is 1. The smallest absolute Gasteiger partial charge is 0.101 e. The lowest BCUT2D eigenvalue weighted by molar-refractivity contribution is 0.880. The molecule has 1 aromatic carbocycles. The molecule has 0 aliphatic heterocycles. The lowest BCUT2D eigenvalue weighted by Crippen LogP contribution is -2.07. The van der Waals surface area contributed by atoms with Crippen molar-refractivity contribution in [2.24, 2.45) is 0 Å². The molecular weight excluding hydrogens is 222 g/mol. The number of nitrogens with one attached hydrogen (secondary N) is 1. The molecule has 2 aromatic rings. The van der Waals surface area contributed by atoms with Crippen molar-refractivity contribution in [1.82, 2.24) is 4.98 Å². The summed E-state index contributed by atoms with van der Waals surface area (Å²) >= 11 is 0. The summed E-state index contributed by atoms with van der Waals surface area (Å²) in [5, 5.41) is 12.5. The molecule has 1 aromatic heterocycles. The lowest BCUT2D eigenvalue weighted by atomic mass is 10.1. The second-order valence-corrected chi connectivity index (χ2v) is 4.31. The van der Waals surface area contributed by atoms with E-state index in [2.05, 4.69) is 23.3 Å². The molecule has 0 saturated carbocycles. The van der Waals surface area contributed by atoms with Crippen LogP contribution < -0.4 is 5.32 Å². The number of nitriles is 1. The zero-order valence-electron chi connectivity index (χ0n) is 10.5. The van der Waals surface area contributed by atoms with Crippen LogP contribution in [0.4, 0.5) is 5.69 Å². The Hall–Kier alpha value is -2.34. The minimum Gasteiger partial charge on any atom is -0.377 e. The summed E-state index contributed by atoms with van der Waals surface area (Å²) in [4.78, 5) is 4.00. The Morgan fingerprint density at radius 1 is 1.22 bits per heavy atom. The predicted molar refractivity (Wildman–Crippen MR) is 72.2 cm³/mol. The van der Waals surface area contributed by atoms with Crippen LogP contribution in [0, 0.1) is 18.3 Å². The van der Waals surface area contributed by atoms with Crippen LogP contribution in [0.25, 0.3) is 0 Å². The van der Waals surface area contributed by atoms with E-state index in [1.807, 2.05) is 37.3 Å². The highest BCUT2D eigenvalue weighted by molar-refractivity contribution is 5.59. The minimum atomic E-state index is 0.141. The van der Waals surface area contributed by atoms with Gasteiger partial charge in [0.25, 0.3) is 0 Å². The van der Waals surface area contributed by atoms with E-state index in [0.29, 0.717) is 5.56 Å². The molecule has 0 radical (unpaired) electrons. The van der Waals surface area contributed by atoms with Crippen molar-refractivity contribution >= 4 is 5.69 Å². The van der Waals surface area contributed by atoms with Crippen LogP contribution in [0.2, 0.25) is 0 Å². The van der Waals surface area contributed by atoms with Gasteiger partial charge in [0.15, 0.2) is 0 Å². The molecule has 1 atom stereocenters. The molecule has 1 N–H and O–H groups in total. The Morgan fingerprint density at radius 3 is 2.61 bits per heavy atom. The van der Waals surface area contributed by atoms with Gasteiger partial charge in [-0.05, 0) is 49.2 Å². The van der Waals surface area contributed by atoms with E-state index in [1.54, 1.807) is 12.4 Å². The first-order valence-corrected chi connectivity index (χ1v) is 5.88. The van der Waals surface area contributed by atoms with Gasteiger partial charge in [-0.1, -0.05) is 6.07 Å². The maximum Gasteiger partial charge on any atom is 0.101 e. The van der Waals surface area contributed by atoms with Gasteiger partial charge in [-0.15, -0.1) is 0 Å². The number of rotatable bonds is 3. The van der Waals surface area contributed by atoms with Crippen LogP contribution in [0.5, 0.6) is 0 Å². The summed E-state index contributed by atoms with van der Waals surface area (Å²) in [6.45, 7) is 4.05. The Labute approximate surface area is 107 Å². The van der Waals surface area contributed by atoms with Crippen molar-refractivity contribution in [2.45, 2.75) is 19.9 Å². The number of aryl methyl sites for hydroxylation is 1. The number of hydrogen-bond acceptors (Lipinski definition) is 3. The highest BCUT2D eigenvalue weighted by Gasteiger charge is 2.08. The Morgan fingerprint density at radius 2 is 1.94 bits per heavy atom. The summed E-state index contributed by atoms with van der Waals surface area (Å²) in [6.07, 6.45) is 3.54. The fourth-order valence-electron chi connectivity index (χ4n) is 1.85. The fourth-order valence-corrected chi connectivity index (χ4v) is 1.85. The van der Waals surface area contributed by atoms with E-state index >= 15 is 0 Å². The van der Waals surface area contributed by atoms with E-state index in [1.165, 1.54) is 0 Å². The molecule has 0 bridgehead atoms. The Kier molecular flexibility index (Phi) is 3.59. The van der Waals surface area contributed by atoms with Crippen molar-refractivity contribution in [1.29, 1.82) is 5.26 Å². The van der Waals surface area contributed by atoms with E-state index in [-0.39, 0.29) is 6.04 Å². The minimum absolute atomic E-state index is 0.141. The topological polar surface area (TPSA) is 48.7 Å². The molecule has 0 saturated heterocycles. The SMILES string of the molecule is Cc1ccc(NC(C)c2ccncc2)c(C#N)c1. The average molecular weight is 237 g/mol. The third-order valence-corrected chi connectivity index (χ3v) is 2.87. The van der Waals surface area contributed by atoms with Crippen LogP contribution in [0.1, 0.15) is 29.7 Å². The maximum atomic E-state index is 9.13. The number of anilines is 1. The van der Waals surface area contributed by atoms with Gasteiger partial charge >= 0.3 is 0 Å². The van der Waals surface area contributed by atoms with Crippen molar-refractivity contribution in [2.75, 3.05) is 5.32 Å². The van der Waals surface area contributed by atoms with Crippen LogP contribution >= 0.6 is 0 Å². The van der Waals surface area contributed by atoms with Gasteiger partial charge in [-0.3, -0.25) is 4.98 Å². The fraction of sp³-hybridized carbons (Fsp3) is 0.200. The van der Waals surface area contributed by atoms with Crippen molar-refractivity contribution in [3.63, 3.8) is 0 Å². The highest BCUT2D eigenvalue weighted by Crippen LogP contribution is 2.22. The molecule has 90 valence electrons. The van der Waals surface area contributed by atoms with Crippen LogP contribution in [0.15, 0.2) is 42.7 Å². The summed E-state index contributed by atoms with van der Waals surface area (Å²) in [6, 6.07) is 12.1. The van der Waals surface area contributed by atoms with E-state index < -0.39 is 0 Å². The van der Waals surface area contributed by atoms with Gasteiger partial charge in [0, 0.05) is 18.4 Å². The molecule has 3 nitrogen and oxygen atoms in total. The standard InChI is InChI=1S/C15H15N3/c1-11-3-4-15(14(9-11)10-16)18-12(2)13-5-7-17-8-6-13/h3-9,12,18H,1-2H3. The van der Waals surface area contributed by atoms with Crippen LogP contribution in [0.3, 0.4) is 0 Å². The van der Waals surface area contributed by atoms with Gasteiger partial charge in [0.2, 0.25) is 0 Å². The molecule has 0 fully saturated rings. The van der Waals surface area contributed by atoms with Gasteiger partial charge in [0.05, 0.1) is 11.3 Å². The van der Waals surface area contributed by atoms with E-state index in [0.717, 1.165) is 16.8 Å². The molecule has 1 unspecified atom stereocenters. The largest absolute Gasteiger partial charge is 0.377 e. The molecular formula is C15H15N3. The van der Waals surface area contributed by atoms with Crippen LogP contribution in [-0.2, 0) is 0 Å². The summed E-state index contributed by atoms with van der Waals surface area (Å²) < 4.78 is 0. The third-order valence-electron chi connectivity index (χ3n) is 2.87. The average Bonchev–Trinajstić information content (AvgIpc) is 2.41. The number of benzene rings is 1. The molecule has 2 rings (SSSR count). The summed E-state index contributed by atoms with van der Waals surface area (Å²) in [7, 11) is 0. The van der Waals surface area contributed by atoms with Crippen molar-refractivity contribution in [3.8, 4) is 6.07 Å². The third kappa shape index (κ3) is 2.67. The first-order valence-electron chi connectivity index (χ1n) is 5.88. The number of nitrogens with zero attached hydrogens (tertiary/aromatic N) is 2. The van der Waals surface area contributed by atoms with Crippen molar-refractivity contribution < 1.29 is 0 Å². The molecule has 0 amide bonds. The zero-order chi connectivity index (χ0) is 13.0. The molecule has 3 heteroatoms. The Bertz CT molecular complexity index is 570. The second kappa shape index (κ2) is 5.33. The second-order valence-electron chi connectivity index (χ2n) is 4.31. The number of hydrogen-bond donors (Lipinski definition) is 1. The Balaban J connectivity index is 2.22. The summed E-state index contributed by atoms with van der Waals surface area (Å²) in [5.74, 6) is 0. The first-order chi connectivity index (χ1) is 8.70.